The molecular weight excluding hydrogens is 318 g/mol. The Morgan fingerprint density at radius 3 is 2.14 bits per heavy atom. The van der Waals surface area contributed by atoms with Crippen LogP contribution in [0.15, 0.2) is 33.7 Å². The van der Waals surface area contributed by atoms with Gasteiger partial charge in [-0.2, -0.15) is 8.42 Å². The highest BCUT2D eigenvalue weighted by Crippen LogP contribution is 2.22. The van der Waals surface area contributed by atoms with E-state index in [2.05, 4.69) is 9.88 Å². The second kappa shape index (κ2) is 6.99. The van der Waals surface area contributed by atoms with Crippen molar-refractivity contribution in [2.75, 3.05) is 10.5 Å². The van der Waals surface area contributed by atoms with Crippen LogP contribution < -0.4 is 10.5 Å². The minimum Gasteiger partial charge on any atom is -0.399 e. The van der Waals surface area contributed by atoms with Gasteiger partial charge in [-0.3, -0.25) is 0 Å². The van der Waals surface area contributed by atoms with E-state index in [1.807, 2.05) is 0 Å². The molecule has 114 valence electrons. The average molecular weight is 331 g/mol. The highest BCUT2D eigenvalue weighted by molar-refractivity contribution is 7.92. The monoisotopic (exact) mass is 331 g/mol. The van der Waals surface area contributed by atoms with Crippen LogP contribution in [0, 0.1) is 13.8 Å². The first-order valence-electron chi connectivity index (χ1n) is 5.55. The number of nitrogens with two attached hydrogens (primary N) is 1. The van der Waals surface area contributed by atoms with Gasteiger partial charge in [0, 0.05) is 11.3 Å². The molecule has 0 spiro atoms. The van der Waals surface area contributed by atoms with E-state index in [4.69, 9.17) is 18.7 Å². The van der Waals surface area contributed by atoms with Crippen LogP contribution in [0.1, 0.15) is 11.3 Å². The van der Waals surface area contributed by atoms with Crippen molar-refractivity contribution in [1.82, 2.24) is 5.16 Å². The molecule has 10 heteroatoms. The zero-order valence-electron chi connectivity index (χ0n) is 11.2. The number of nitrogen functional groups attached to an aromatic ring is 1. The molecule has 2 aromatic rings. The second-order valence-corrected chi connectivity index (χ2v) is 5.78. The number of hydrogen-bond acceptors (Lipinski definition) is 7. The second-order valence-electron chi connectivity index (χ2n) is 3.96. The van der Waals surface area contributed by atoms with E-state index in [9.17, 15) is 8.42 Å². The minimum atomic E-state index is -3.68. The van der Waals surface area contributed by atoms with E-state index >= 15 is 0 Å². The standard InChI is InChI=1S/C11H13N3O3S.O2S/c1-7-8(2)13-17-11(7)14-18(15,16)10-5-3-9(12)4-6-10;1-3-2/h3-6,14H,12H2,1-2H3;. The lowest BCUT2D eigenvalue weighted by molar-refractivity contribution is 0.430. The lowest BCUT2D eigenvalue weighted by atomic mass is 10.3. The first kappa shape index (κ1) is 16.9. The zero-order chi connectivity index (χ0) is 16.0. The van der Waals surface area contributed by atoms with Gasteiger partial charge in [0.1, 0.15) is 0 Å². The molecule has 21 heavy (non-hydrogen) atoms. The van der Waals surface area contributed by atoms with Crippen molar-refractivity contribution in [2.24, 2.45) is 0 Å². The van der Waals surface area contributed by atoms with Gasteiger partial charge in [0.15, 0.2) is 0 Å². The molecule has 0 saturated heterocycles. The summed E-state index contributed by atoms with van der Waals surface area (Å²) in [5, 5.41) is 3.69. The quantitative estimate of drug-likeness (QED) is 0.802. The van der Waals surface area contributed by atoms with Crippen LogP contribution in [0.4, 0.5) is 11.6 Å². The fourth-order valence-corrected chi connectivity index (χ4v) is 2.39. The van der Waals surface area contributed by atoms with Gasteiger partial charge in [-0.05, 0) is 38.1 Å². The SMILES string of the molecule is Cc1noc(NS(=O)(=O)c2ccc(N)cc2)c1C.O=S=O. The van der Waals surface area contributed by atoms with E-state index in [1.165, 1.54) is 24.3 Å². The van der Waals surface area contributed by atoms with Crippen molar-refractivity contribution in [1.29, 1.82) is 0 Å². The number of aryl methyl sites for hydroxylation is 1. The molecule has 2 rings (SSSR count). The summed E-state index contributed by atoms with van der Waals surface area (Å²) in [5.41, 5.74) is 7.31. The molecule has 0 aliphatic rings. The first-order valence-corrected chi connectivity index (χ1v) is 7.70. The molecule has 0 amide bonds. The number of hydrogen-bond donors (Lipinski definition) is 2. The Balaban J connectivity index is 0.000000677. The van der Waals surface area contributed by atoms with Crippen LogP contribution in [-0.4, -0.2) is 22.0 Å². The molecule has 3 N–H and O–H groups in total. The van der Waals surface area contributed by atoms with Gasteiger partial charge in [0.25, 0.3) is 10.0 Å². The lowest BCUT2D eigenvalue weighted by Gasteiger charge is -2.05. The maximum atomic E-state index is 12.0. The fraction of sp³-hybridized carbons (Fsp3) is 0.182. The maximum Gasteiger partial charge on any atom is 0.335 e. The van der Waals surface area contributed by atoms with Crippen LogP contribution >= 0.6 is 0 Å². The van der Waals surface area contributed by atoms with Gasteiger partial charge < -0.3 is 10.3 Å². The molecule has 1 aromatic carbocycles. The Kier molecular flexibility index (Phi) is 5.61. The third-order valence-electron chi connectivity index (χ3n) is 2.57. The molecule has 0 aliphatic heterocycles. The number of aromatic nitrogens is 1. The summed E-state index contributed by atoms with van der Waals surface area (Å²) in [5.74, 6) is 0.129. The summed E-state index contributed by atoms with van der Waals surface area (Å²) in [6.45, 7) is 3.46. The van der Waals surface area contributed by atoms with Crippen molar-refractivity contribution in [2.45, 2.75) is 18.7 Å². The number of nitrogens with one attached hydrogen (secondary N) is 1. The molecule has 8 nitrogen and oxygen atoms in total. The molecule has 0 fully saturated rings. The van der Waals surface area contributed by atoms with Crippen molar-refractivity contribution in [3.63, 3.8) is 0 Å². The topological polar surface area (TPSA) is 132 Å². The Bertz CT molecular complexity index is 747. The summed E-state index contributed by atoms with van der Waals surface area (Å²) < 4.78 is 47.9. The molecule has 0 aliphatic carbocycles. The smallest absolute Gasteiger partial charge is 0.335 e. The first-order chi connectivity index (χ1) is 9.81. The van der Waals surface area contributed by atoms with E-state index in [-0.39, 0.29) is 10.8 Å². The summed E-state index contributed by atoms with van der Waals surface area (Å²) >= 11 is -0.750. The van der Waals surface area contributed by atoms with Crippen molar-refractivity contribution in [3.8, 4) is 0 Å². The van der Waals surface area contributed by atoms with Crippen LogP contribution in [-0.2, 0) is 21.6 Å². The average Bonchev–Trinajstić information content (AvgIpc) is 2.72. The maximum absolute atomic E-state index is 12.0. The van der Waals surface area contributed by atoms with E-state index in [0.29, 0.717) is 16.9 Å². The van der Waals surface area contributed by atoms with Crippen molar-refractivity contribution >= 4 is 33.2 Å². The number of sulfonamides is 1. The summed E-state index contributed by atoms with van der Waals surface area (Å²) in [6.07, 6.45) is 0. The number of nitrogens with zero attached hydrogens (tertiary/aromatic N) is 1. The Morgan fingerprint density at radius 1 is 1.19 bits per heavy atom. The Hall–Kier alpha value is -2.20. The van der Waals surface area contributed by atoms with Crippen LogP contribution in [0.2, 0.25) is 0 Å². The molecule has 0 bridgehead atoms. The highest BCUT2D eigenvalue weighted by Gasteiger charge is 2.18. The molecule has 0 radical (unpaired) electrons. The summed E-state index contributed by atoms with van der Waals surface area (Å²) in [6, 6.07) is 5.90. The van der Waals surface area contributed by atoms with Gasteiger partial charge in [-0.1, -0.05) is 5.16 Å². The van der Waals surface area contributed by atoms with Gasteiger partial charge in [-0.15, -0.1) is 0 Å². The normalized spacial score (nSPS) is 10.4. The number of anilines is 2. The van der Waals surface area contributed by atoms with E-state index in [0.717, 1.165) is 0 Å². The van der Waals surface area contributed by atoms with Crippen molar-refractivity contribution in [3.05, 3.63) is 35.5 Å². The molecule has 0 unspecified atom stereocenters. The molecule has 1 aromatic heterocycles. The fourth-order valence-electron chi connectivity index (χ4n) is 1.34. The van der Waals surface area contributed by atoms with Crippen LogP contribution in [0.25, 0.3) is 0 Å². The van der Waals surface area contributed by atoms with Gasteiger partial charge >= 0.3 is 11.6 Å². The number of rotatable bonds is 3. The summed E-state index contributed by atoms with van der Waals surface area (Å²) in [4.78, 5) is 0.116. The zero-order valence-corrected chi connectivity index (χ0v) is 12.8. The Labute approximate surface area is 125 Å². The Morgan fingerprint density at radius 2 is 1.71 bits per heavy atom. The van der Waals surface area contributed by atoms with Gasteiger partial charge in [-0.25, -0.2) is 13.1 Å². The van der Waals surface area contributed by atoms with Gasteiger partial charge in [0.2, 0.25) is 5.88 Å². The van der Waals surface area contributed by atoms with Crippen LogP contribution in [0.3, 0.4) is 0 Å². The molecule has 1 heterocycles. The molecule has 0 saturated carbocycles. The molecule has 0 atom stereocenters. The third-order valence-corrected chi connectivity index (χ3v) is 3.92. The largest absolute Gasteiger partial charge is 0.399 e. The van der Waals surface area contributed by atoms with Crippen LogP contribution in [0.5, 0.6) is 0 Å². The highest BCUT2D eigenvalue weighted by atomic mass is 32.2. The summed E-state index contributed by atoms with van der Waals surface area (Å²) in [7, 11) is -3.68. The predicted molar refractivity (Wildman–Crippen MR) is 76.6 cm³/mol. The van der Waals surface area contributed by atoms with E-state index < -0.39 is 21.6 Å². The minimum absolute atomic E-state index is 0.116. The third kappa shape index (κ3) is 4.39. The predicted octanol–water partition coefficient (Wildman–Crippen LogP) is 1.00. The molecular formula is C11H13N3O5S2. The lowest BCUT2D eigenvalue weighted by Crippen LogP contribution is -2.13. The van der Waals surface area contributed by atoms with Gasteiger partial charge in [0.05, 0.1) is 10.6 Å². The number of benzene rings is 1. The van der Waals surface area contributed by atoms with E-state index in [1.54, 1.807) is 13.8 Å². The van der Waals surface area contributed by atoms with Crippen molar-refractivity contribution < 1.29 is 21.4 Å².